The number of rotatable bonds is 5. The van der Waals surface area contributed by atoms with Crippen molar-refractivity contribution in [1.29, 1.82) is 0 Å². The molecule has 2 rings (SSSR count). The lowest BCUT2D eigenvalue weighted by Gasteiger charge is -2.05. The molecule has 0 aliphatic heterocycles. The fraction of sp³-hybridized carbons (Fsp3) is 0.0588. The highest BCUT2D eigenvalue weighted by molar-refractivity contribution is 6.30. The molecule has 0 heterocycles. The molecule has 0 unspecified atom stereocenters. The molecule has 0 saturated heterocycles. The zero-order valence-electron chi connectivity index (χ0n) is 12.6. The van der Waals surface area contributed by atoms with Gasteiger partial charge in [-0.05, 0) is 35.9 Å². The zero-order chi connectivity index (χ0) is 18.4. The molecule has 130 valence electrons. The second kappa shape index (κ2) is 8.34. The van der Waals surface area contributed by atoms with Gasteiger partial charge in [0.15, 0.2) is 18.2 Å². The van der Waals surface area contributed by atoms with Crippen molar-refractivity contribution < 1.29 is 27.5 Å². The average molecular weight is 370 g/mol. The lowest BCUT2D eigenvalue weighted by atomic mass is 10.2. The molecule has 0 spiro atoms. The molecule has 2 aromatic carbocycles. The number of benzene rings is 2. The van der Waals surface area contributed by atoms with Crippen LogP contribution >= 0.6 is 11.6 Å². The second-order valence-corrected chi connectivity index (χ2v) is 5.20. The molecule has 2 aromatic rings. The fourth-order valence-electron chi connectivity index (χ4n) is 1.74. The molecule has 25 heavy (non-hydrogen) atoms. The third-order valence-electron chi connectivity index (χ3n) is 2.90. The van der Waals surface area contributed by atoms with Gasteiger partial charge < -0.3 is 10.1 Å². The summed E-state index contributed by atoms with van der Waals surface area (Å²) in [6.45, 7) is -0.619. The van der Waals surface area contributed by atoms with Crippen LogP contribution in [0, 0.1) is 17.5 Å². The minimum atomic E-state index is -1.12. The monoisotopic (exact) mass is 369 g/mol. The highest BCUT2D eigenvalue weighted by Gasteiger charge is 2.08. The predicted octanol–water partition coefficient (Wildman–Crippen LogP) is 3.95. The quantitative estimate of drug-likeness (QED) is 0.641. The van der Waals surface area contributed by atoms with Gasteiger partial charge in [0, 0.05) is 17.8 Å². The van der Waals surface area contributed by atoms with Crippen molar-refractivity contribution in [2.45, 2.75) is 0 Å². The van der Waals surface area contributed by atoms with Crippen LogP contribution in [0.1, 0.15) is 5.56 Å². The van der Waals surface area contributed by atoms with Gasteiger partial charge in [-0.1, -0.05) is 17.7 Å². The van der Waals surface area contributed by atoms with E-state index in [2.05, 4.69) is 5.32 Å². The summed E-state index contributed by atoms with van der Waals surface area (Å²) in [5.74, 6) is -4.29. The van der Waals surface area contributed by atoms with E-state index in [0.717, 1.165) is 30.3 Å². The molecule has 0 atom stereocenters. The summed E-state index contributed by atoms with van der Waals surface area (Å²) in [4.78, 5) is 23.1. The largest absolute Gasteiger partial charge is 0.452 e. The molecule has 0 saturated carbocycles. The molecule has 1 amide bonds. The van der Waals surface area contributed by atoms with Crippen LogP contribution in [0.15, 0.2) is 42.5 Å². The van der Waals surface area contributed by atoms with E-state index in [-0.39, 0.29) is 10.7 Å². The van der Waals surface area contributed by atoms with E-state index < -0.39 is 35.9 Å². The Balaban J connectivity index is 1.84. The van der Waals surface area contributed by atoms with E-state index in [4.69, 9.17) is 16.3 Å². The number of hydrogen-bond acceptors (Lipinski definition) is 3. The van der Waals surface area contributed by atoms with Gasteiger partial charge >= 0.3 is 5.97 Å². The Morgan fingerprint density at radius 1 is 1.04 bits per heavy atom. The van der Waals surface area contributed by atoms with Gasteiger partial charge in [0.1, 0.15) is 5.82 Å². The highest BCUT2D eigenvalue weighted by Crippen LogP contribution is 2.17. The number of hydrogen-bond donors (Lipinski definition) is 1. The third kappa shape index (κ3) is 5.65. The van der Waals surface area contributed by atoms with Crippen LogP contribution in [0.2, 0.25) is 5.02 Å². The predicted molar refractivity (Wildman–Crippen MR) is 86.4 cm³/mol. The molecule has 0 aliphatic rings. The van der Waals surface area contributed by atoms with Crippen molar-refractivity contribution in [1.82, 2.24) is 0 Å². The van der Waals surface area contributed by atoms with Crippen LogP contribution in [-0.2, 0) is 14.3 Å². The number of carbonyl (C=O) groups is 2. The number of amides is 1. The first kappa shape index (κ1) is 18.5. The van der Waals surface area contributed by atoms with Crippen molar-refractivity contribution in [3.63, 3.8) is 0 Å². The fourth-order valence-corrected chi connectivity index (χ4v) is 1.93. The van der Waals surface area contributed by atoms with Crippen molar-refractivity contribution in [3.8, 4) is 0 Å². The molecular formula is C17H11ClF3NO3. The van der Waals surface area contributed by atoms with Crippen LogP contribution in [0.25, 0.3) is 6.08 Å². The topological polar surface area (TPSA) is 55.4 Å². The SMILES string of the molecule is O=C(COC(=O)/C=C/c1ccc(F)c(Cl)c1)Nc1ccc(F)c(F)c1. The maximum absolute atomic E-state index is 13.0. The molecule has 0 fully saturated rings. The smallest absolute Gasteiger partial charge is 0.331 e. The average Bonchev–Trinajstić information content (AvgIpc) is 2.57. The van der Waals surface area contributed by atoms with Crippen molar-refractivity contribution in [2.24, 2.45) is 0 Å². The van der Waals surface area contributed by atoms with Crippen molar-refractivity contribution in [3.05, 3.63) is 70.5 Å². The Kier molecular flexibility index (Phi) is 6.19. The molecular weight excluding hydrogens is 359 g/mol. The molecule has 8 heteroatoms. The van der Waals surface area contributed by atoms with Gasteiger partial charge in [-0.15, -0.1) is 0 Å². The molecule has 0 aromatic heterocycles. The van der Waals surface area contributed by atoms with E-state index in [1.54, 1.807) is 0 Å². The Labute approximate surface area is 145 Å². The highest BCUT2D eigenvalue weighted by atomic mass is 35.5. The van der Waals surface area contributed by atoms with E-state index in [0.29, 0.717) is 5.56 Å². The summed E-state index contributed by atoms with van der Waals surface area (Å²) < 4.78 is 43.5. The van der Waals surface area contributed by atoms with E-state index in [1.807, 2.05) is 0 Å². The molecule has 1 N–H and O–H groups in total. The number of ether oxygens (including phenoxy) is 1. The minimum absolute atomic E-state index is 0.0245. The maximum Gasteiger partial charge on any atom is 0.331 e. The van der Waals surface area contributed by atoms with Gasteiger partial charge in [-0.25, -0.2) is 18.0 Å². The molecule has 0 aliphatic carbocycles. The third-order valence-corrected chi connectivity index (χ3v) is 3.19. The number of esters is 1. The first-order valence-corrected chi connectivity index (χ1v) is 7.28. The van der Waals surface area contributed by atoms with Crippen molar-refractivity contribution in [2.75, 3.05) is 11.9 Å². The molecule has 0 bridgehead atoms. The maximum atomic E-state index is 13.0. The number of halogens is 4. The van der Waals surface area contributed by atoms with E-state index in [9.17, 15) is 22.8 Å². The molecule has 4 nitrogen and oxygen atoms in total. The van der Waals surface area contributed by atoms with Crippen LogP contribution in [0.5, 0.6) is 0 Å². The second-order valence-electron chi connectivity index (χ2n) is 4.79. The zero-order valence-corrected chi connectivity index (χ0v) is 13.3. The summed E-state index contributed by atoms with van der Waals surface area (Å²) >= 11 is 5.60. The van der Waals surface area contributed by atoms with Gasteiger partial charge in [-0.2, -0.15) is 0 Å². The van der Waals surface area contributed by atoms with Gasteiger partial charge in [0.05, 0.1) is 5.02 Å². The lowest BCUT2D eigenvalue weighted by molar-refractivity contribution is -0.142. The Bertz CT molecular complexity index is 840. The van der Waals surface area contributed by atoms with Gasteiger partial charge in [0.25, 0.3) is 5.91 Å². The van der Waals surface area contributed by atoms with Crippen LogP contribution < -0.4 is 5.32 Å². The Hall–Kier alpha value is -2.80. The summed E-state index contributed by atoms with van der Waals surface area (Å²) in [6, 6.07) is 6.68. The first-order valence-electron chi connectivity index (χ1n) is 6.90. The first-order chi connectivity index (χ1) is 11.8. The summed E-state index contributed by atoms with van der Waals surface area (Å²) in [5.41, 5.74) is 0.492. The number of anilines is 1. The Morgan fingerprint density at radius 3 is 2.44 bits per heavy atom. The molecule has 0 radical (unpaired) electrons. The van der Waals surface area contributed by atoms with Gasteiger partial charge in [-0.3, -0.25) is 4.79 Å². The van der Waals surface area contributed by atoms with Crippen LogP contribution in [-0.4, -0.2) is 18.5 Å². The summed E-state index contributed by atoms with van der Waals surface area (Å²) in [7, 11) is 0. The van der Waals surface area contributed by atoms with E-state index in [1.165, 1.54) is 18.2 Å². The lowest BCUT2D eigenvalue weighted by Crippen LogP contribution is -2.20. The van der Waals surface area contributed by atoms with E-state index >= 15 is 0 Å². The Morgan fingerprint density at radius 2 is 1.76 bits per heavy atom. The summed E-state index contributed by atoms with van der Waals surface area (Å²) in [5, 5.41) is 2.15. The van der Waals surface area contributed by atoms with Crippen LogP contribution in [0.4, 0.5) is 18.9 Å². The van der Waals surface area contributed by atoms with Crippen LogP contribution in [0.3, 0.4) is 0 Å². The minimum Gasteiger partial charge on any atom is -0.452 e. The standard InChI is InChI=1S/C17H11ClF3NO3/c18-12-7-10(1-4-13(12)19)2-6-17(24)25-9-16(23)22-11-3-5-14(20)15(21)8-11/h1-8H,9H2,(H,22,23)/b6-2+. The summed E-state index contributed by atoms with van der Waals surface area (Å²) in [6.07, 6.45) is 2.37. The number of nitrogens with one attached hydrogen (secondary N) is 1. The van der Waals surface area contributed by atoms with Crippen molar-refractivity contribution >= 4 is 35.2 Å². The normalized spacial score (nSPS) is 10.7. The van der Waals surface area contributed by atoms with Gasteiger partial charge in [0.2, 0.25) is 0 Å². The number of carbonyl (C=O) groups excluding carboxylic acids is 2.